The van der Waals surface area contributed by atoms with Gasteiger partial charge in [-0.15, -0.1) is 0 Å². The lowest BCUT2D eigenvalue weighted by atomic mass is 10.0. The van der Waals surface area contributed by atoms with Crippen LogP contribution in [-0.2, 0) is 40.3 Å². The van der Waals surface area contributed by atoms with Gasteiger partial charge in [0.2, 0.25) is 5.95 Å². The van der Waals surface area contributed by atoms with E-state index in [4.69, 9.17) is 0 Å². The van der Waals surface area contributed by atoms with Crippen LogP contribution in [-0.4, -0.2) is 77.1 Å². The Hall–Kier alpha value is -6.23. The molecule has 6 aromatic heterocycles. The predicted molar refractivity (Wildman–Crippen MR) is 295 cm³/mol. The first-order chi connectivity index (χ1) is 33.6. The van der Waals surface area contributed by atoms with Crippen molar-refractivity contribution in [3.05, 3.63) is 206 Å². The van der Waals surface area contributed by atoms with E-state index in [1.807, 2.05) is 120 Å². The molecule has 2 fully saturated rings. The molecule has 8 aromatic rings. The molecule has 372 valence electrons. The van der Waals surface area contributed by atoms with E-state index < -0.39 is 5.95 Å². The Kier molecular flexibility index (Phi) is 20.0. The summed E-state index contributed by atoms with van der Waals surface area (Å²) in [5, 5.41) is 5.09. The maximum absolute atomic E-state index is 13.4. The molecule has 2 aliphatic rings. The molecule has 12 nitrogen and oxygen atoms in total. The van der Waals surface area contributed by atoms with E-state index >= 15 is 0 Å². The van der Waals surface area contributed by atoms with Crippen molar-refractivity contribution in [2.45, 2.75) is 77.8 Å². The van der Waals surface area contributed by atoms with Crippen LogP contribution in [0.5, 0.6) is 0 Å². The van der Waals surface area contributed by atoms with E-state index in [1.54, 1.807) is 12.1 Å². The number of benzene rings is 2. The molecule has 1 N–H and O–H groups in total. The van der Waals surface area contributed by atoms with Gasteiger partial charge in [0.15, 0.2) is 10.9 Å². The third kappa shape index (κ3) is 14.4. The van der Waals surface area contributed by atoms with Crippen molar-refractivity contribution in [1.82, 2.24) is 44.2 Å². The summed E-state index contributed by atoms with van der Waals surface area (Å²) in [6, 6.07) is 35.6. The van der Waals surface area contributed by atoms with Gasteiger partial charge in [-0.2, -0.15) is 31.4 Å². The van der Waals surface area contributed by atoms with Crippen molar-refractivity contribution in [2.75, 3.05) is 31.1 Å². The third-order valence-electron chi connectivity index (χ3n) is 13.1. The molecule has 2 saturated heterocycles. The summed E-state index contributed by atoms with van der Waals surface area (Å²) in [5.74, 6) is 0.594. The highest BCUT2D eigenvalue weighted by Gasteiger charge is 2.28. The fraction of sp³-hybridized carbons (Fsp3) is 0.321. The topological polar surface area (TPSA) is 117 Å². The fourth-order valence-corrected chi connectivity index (χ4v) is 9.67. The van der Waals surface area contributed by atoms with Gasteiger partial charge in [-0.1, -0.05) is 36.4 Å². The van der Waals surface area contributed by atoms with E-state index in [2.05, 4.69) is 79.4 Å². The number of piperidine rings is 2. The number of nitrogens with one attached hydrogen (secondary N) is 1. The molecule has 71 heavy (non-hydrogen) atoms. The van der Waals surface area contributed by atoms with Crippen LogP contribution in [0.1, 0.15) is 59.3 Å². The minimum Gasteiger partial charge on any atom is -0.355 e. The maximum Gasteiger partial charge on any atom is 0.212 e. The Balaban J connectivity index is 0.000000202. The van der Waals surface area contributed by atoms with Gasteiger partial charge in [0.1, 0.15) is 5.82 Å². The number of nitrogens with zero attached hydrogens (tertiary/aromatic N) is 9. The summed E-state index contributed by atoms with van der Waals surface area (Å²) >= 11 is 0. The normalized spacial score (nSPS) is 15.5. The number of hydrogen-bond donors (Lipinski definition) is 1. The average molecular weight is 995 g/mol. The lowest BCUT2D eigenvalue weighted by Crippen LogP contribution is -2.48. The summed E-state index contributed by atoms with van der Waals surface area (Å²) in [5.41, 5.74) is 8.42. The van der Waals surface area contributed by atoms with Gasteiger partial charge in [0, 0.05) is 142 Å². The maximum atomic E-state index is 13.4. The molecule has 10 rings (SSSR count). The lowest BCUT2D eigenvalue weighted by molar-refractivity contribution is 0.149. The van der Waals surface area contributed by atoms with Gasteiger partial charge in [0.05, 0.1) is 11.0 Å². The molecule has 2 aromatic carbocycles. The van der Waals surface area contributed by atoms with Crippen LogP contribution in [0.25, 0.3) is 21.8 Å². The summed E-state index contributed by atoms with van der Waals surface area (Å²) in [4.78, 5) is 50.4. The van der Waals surface area contributed by atoms with Crippen LogP contribution in [0.3, 0.4) is 0 Å². The van der Waals surface area contributed by atoms with Crippen LogP contribution in [0, 0.1) is 19.8 Å². The summed E-state index contributed by atoms with van der Waals surface area (Å²) in [6.45, 7) is 10.9. The molecule has 8 heterocycles. The quantitative estimate of drug-likeness (QED) is 0.126. The van der Waals surface area contributed by atoms with Crippen molar-refractivity contribution in [3.8, 4) is 0 Å². The minimum atomic E-state index is -0.428. The zero-order valence-corrected chi connectivity index (χ0v) is 43.2. The largest absolute Gasteiger partial charge is 0.355 e. The van der Waals surface area contributed by atoms with E-state index in [9.17, 15) is 14.0 Å². The highest BCUT2D eigenvalue weighted by atomic mass is 32.1. The van der Waals surface area contributed by atoms with E-state index in [0.717, 1.165) is 109 Å². The number of para-hydroxylation sites is 2. The van der Waals surface area contributed by atoms with Gasteiger partial charge >= 0.3 is 0 Å². The Morgan fingerprint density at radius 1 is 0.606 bits per heavy atom. The van der Waals surface area contributed by atoms with E-state index in [0.29, 0.717) is 25.2 Å². The number of rotatable bonds is 11. The second kappa shape index (κ2) is 26.3. The Bertz CT molecular complexity index is 3060. The first-order valence-electron chi connectivity index (χ1n) is 24.0. The second-order valence-electron chi connectivity index (χ2n) is 18.2. The summed E-state index contributed by atoms with van der Waals surface area (Å²) in [6.07, 6.45) is 15.6. The predicted octanol–water partition coefficient (Wildman–Crippen LogP) is 8.75. The van der Waals surface area contributed by atoms with E-state index in [-0.39, 0.29) is 37.8 Å². The number of halogens is 1. The molecule has 2 atom stereocenters. The van der Waals surface area contributed by atoms with E-state index in [1.165, 1.54) is 29.8 Å². The van der Waals surface area contributed by atoms with Crippen LogP contribution in [0.4, 0.5) is 10.2 Å². The number of aromatic nitrogens is 6. The SMILES string of the molecule is Cc1cc(CN(Cc2cn(C)c3ccccc3c2=O)[C@H]2CCCN(c3ccccn3)C2)ccn1.Cc1cc(CN(Cc2cn(C)c3ccccc3c2=O)[C@H]2CCCNC2)ccn1.Fc1ccccn1.S.S. The smallest absolute Gasteiger partial charge is 0.212 e. The molecule has 0 spiro atoms. The van der Waals surface area contributed by atoms with Gasteiger partial charge in [0.25, 0.3) is 0 Å². The zero-order valence-electron chi connectivity index (χ0n) is 41.2. The van der Waals surface area contributed by atoms with Crippen molar-refractivity contribution in [3.63, 3.8) is 0 Å². The molecule has 2 aliphatic heterocycles. The number of anilines is 1. The molecule has 0 unspecified atom stereocenters. The van der Waals surface area contributed by atoms with Crippen LogP contribution in [0.15, 0.2) is 156 Å². The average Bonchev–Trinajstić information content (AvgIpc) is 3.38. The Morgan fingerprint density at radius 3 is 1.61 bits per heavy atom. The van der Waals surface area contributed by atoms with Gasteiger partial charge in [-0.3, -0.25) is 29.4 Å². The Labute approximate surface area is 430 Å². The van der Waals surface area contributed by atoms with Gasteiger partial charge in [-0.05, 0) is 130 Å². The van der Waals surface area contributed by atoms with Gasteiger partial charge < -0.3 is 19.4 Å². The monoisotopic (exact) mass is 994 g/mol. The summed E-state index contributed by atoms with van der Waals surface area (Å²) in [7, 11) is 4.04. The minimum absolute atomic E-state index is 0. The first kappa shape index (κ1) is 54.1. The second-order valence-corrected chi connectivity index (χ2v) is 18.2. The molecular weight excluding hydrogens is 928 g/mol. The van der Waals surface area contributed by atoms with Crippen molar-refractivity contribution in [2.24, 2.45) is 14.1 Å². The first-order valence-corrected chi connectivity index (χ1v) is 24.0. The molecule has 0 aliphatic carbocycles. The highest BCUT2D eigenvalue weighted by Crippen LogP contribution is 2.25. The third-order valence-corrected chi connectivity index (χ3v) is 13.1. The fourth-order valence-electron chi connectivity index (χ4n) is 9.67. The molecule has 0 saturated carbocycles. The molecule has 0 radical (unpaired) electrons. The zero-order chi connectivity index (χ0) is 48.1. The molecule has 0 bridgehead atoms. The lowest BCUT2D eigenvalue weighted by Gasteiger charge is -2.40. The van der Waals surface area contributed by atoms with Crippen molar-refractivity contribution >= 4 is 54.6 Å². The van der Waals surface area contributed by atoms with Crippen LogP contribution < -0.4 is 21.1 Å². The standard InChI is InChI=1S/C28H31N5O.C23H28N4O.C5H4FN.2H2S/c1-21-16-22(12-14-29-21)17-33(24-8-7-15-32(20-24)27-11-5-6-13-30-27)19-23-18-31(2)26-10-4-3-9-25(26)28(23)34;1-17-12-18(9-11-25-17)14-27(20-6-5-10-24-13-20)16-19-15-26(2)22-8-4-3-7-21(22)23(19)28;6-5-3-1-2-4-7-5;;/h3-6,9-14,16,18,24H,7-8,15,17,19-20H2,1-2H3;3-4,7-9,11-12,15,20,24H,5-6,10,13-14,16H2,1-2H3;1-4H;2*1H2/t24-;20-;;;/m00.../s1. The molecule has 0 amide bonds. The van der Waals surface area contributed by atoms with Gasteiger partial charge in [-0.25, -0.2) is 9.97 Å². The highest BCUT2D eigenvalue weighted by molar-refractivity contribution is 7.59. The van der Waals surface area contributed by atoms with Crippen LogP contribution in [0.2, 0.25) is 0 Å². The number of hydrogen-bond acceptors (Lipinski definition) is 10. The number of aryl methyl sites for hydroxylation is 4. The number of fused-ring (bicyclic) bond motifs is 2. The molecular formula is C56H67FN10O2S2. The summed E-state index contributed by atoms with van der Waals surface area (Å²) < 4.78 is 15.9. The van der Waals surface area contributed by atoms with Crippen molar-refractivity contribution < 1.29 is 4.39 Å². The molecule has 15 heteroatoms. The van der Waals surface area contributed by atoms with Crippen molar-refractivity contribution in [1.29, 1.82) is 0 Å². The number of pyridine rings is 6. The van der Waals surface area contributed by atoms with Crippen LogP contribution >= 0.6 is 27.0 Å². The Morgan fingerprint density at radius 2 is 1.13 bits per heavy atom.